The summed E-state index contributed by atoms with van der Waals surface area (Å²) in [5.41, 5.74) is 7.15. The maximum atomic E-state index is 11.9. The Kier molecular flexibility index (Phi) is 5.51. The number of hydrogen-bond acceptors (Lipinski definition) is 4. The highest BCUT2D eigenvalue weighted by Crippen LogP contribution is 2.24. The van der Waals surface area contributed by atoms with Crippen LogP contribution in [0.25, 0.3) is 0 Å². The van der Waals surface area contributed by atoms with Gasteiger partial charge in [-0.15, -0.1) is 11.8 Å². The molecule has 0 aliphatic rings. The van der Waals surface area contributed by atoms with Gasteiger partial charge in [-0.1, -0.05) is 18.2 Å². The van der Waals surface area contributed by atoms with Crippen LogP contribution in [-0.2, 0) is 4.79 Å². The van der Waals surface area contributed by atoms with Gasteiger partial charge < -0.3 is 15.8 Å². The Morgan fingerprint density at radius 2 is 2.05 bits per heavy atom. The van der Waals surface area contributed by atoms with Gasteiger partial charge in [0.05, 0.1) is 12.8 Å². The molecule has 2 rings (SSSR count). The third-order valence-electron chi connectivity index (χ3n) is 2.84. The van der Waals surface area contributed by atoms with Crippen molar-refractivity contribution in [2.45, 2.75) is 11.3 Å². The molecule has 0 bridgehead atoms. The minimum atomic E-state index is -0.0316. The molecule has 0 unspecified atom stereocenters. The Hall–Kier alpha value is -2.14. The van der Waals surface area contributed by atoms with E-state index in [1.807, 2.05) is 48.5 Å². The highest BCUT2D eigenvalue weighted by atomic mass is 32.2. The van der Waals surface area contributed by atoms with E-state index in [9.17, 15) is 4.79 Å². The Balaban J connectivity index is 1.82. The van der Waals surface area contributed by atoms with E-state index in [4.69, 9.17) is 10.5 Å². The number of thioether (sulfide) groups is 1. The molecule has 5 heteroatoms. The largest absolute Gasteiger partial charge is 0.495 e. The minimum absolute atomic E-state index is 0.0316. The lowest BCUT2D eigenvalue weighted by Crippen LogP contribution is -2.12. The van der Waals surface area contributed by atoms with E-state index in [0.717, 1.165) is 10.6 Å². The highest BCUT2D eigenvalue weighted by molar-refractivity contribution is 7.99. The molecule has 0 atom stereocenters. The van der Waals surface area contributed by atoms with Crippen LogP contribution in [0.2, 0.25) is 0 Å². The molecule has 3 N–H and O–H groups in total. The van der Waals surface area contributed by atoms with Crippen LogP contribution in [0.1, 0.15) is 6.42 Å². The van der Waals surface area contributed by atoms with E-state index < -0.39 is 0 Å². The number of carbonyl (C=O) groups excluding carboxylic acids is 1. The fraction of sp³-hybridized carbons (Fsp3) is 0.188. The number of benzene rings is 2. The summed E-state index contributed by atoms with van der Waals surface area (Å²) in [6.07, 6.45) is 0.428. The average molecular weight is 302 g/mol. The molecule has 0 fully saturated rings. The zero-order chi connectivity index (χ0) is 15.1. The fourth-order valence-electron chi connectivity index (χ4n) is 1.83. The van der Waals surface area contributed by atoms with Crippen LogP contribution in [0.15, 0.2) is 53.4 Å². The Morgan fingerprint density at radius 1 is 1.24 bits per heavy atom. The maximum Gasteiger partial charge on any atom is 0.225 e. The summed E-state index contributed by atoms with van der Waals surface area (Å²) in [7, 11) is 1.58. The van der Waals surface area contributed by atoms with E-state index in [1.165, 1.54) is 0 Å². The van der Waals surface area contributed by atoms with E-state index in [0.29, 0.717) is 23.6 Å². The number of methoxy groups -OCH3 is 1. The number of amides is 1. The van der Waals surface area contributed by atoms with Crippen molar-refractivity contribution in [3.8, 4) is 5.75 Å². The average Bonchev–Trinajstić information content (AvgIpc) is 2.48. The van der Waals surface area contributed by atoms with Crippen LogP contribution in [-0.4, -0.2) is 18.8 Å². The van der Waals surface area contributed by atoms with E-state index >= 15 is 0 Å². The van der Waals surface area contributed by atoms with Gasteiger partial charge in [0.25, 0.3) is 0 Å². The van der Waals surface area contributed by atoms with Gasteiger partial charge in [0, 0.05) is 22.8 Å². The number of nitrogens with two attached hydrogens (primary N) is 1. The second-order valence-electron chi connectivity index (χ2n) is 4.42. The van der Waals surface area contributed by atoms with Crippen LogP contribution < -0.4 is 15.8 Å². The second-order valence-corrected chi connectivity index (χ2v) is 5.59. The van der Waals surface area contributed by atoms with Crippen molar-refractivity contribution in [3.05, 3.63) is 48.5 Å². The van der Waals surface area contributed by atoms with Crippen LogP contribution in [0.5, 0.6) is 5.75 Å². The smallest absolute Gasteiger partial charge is 0.225 e. The summed E-state index contributed by atoms with van der Waals surface area (Å²) in [4.78, 5) is 13.0. The van der Waals surface area contributed by atoms with Gasteiger partial charge in [-0.2, -0.15) is 0 Å². The molecule has 0 aliphatic carbocycles. The number of rotatable bonds is 6. The molecule has 4 nitrogen and oxygen atoms in total. The minimum Gasteiger partial charge on any atom is -0.495 e. The first-order valence-corrected chi connectivity index (χ1v) is 7.59. The summed E-state index contributed by atoms with van der Waals surface area (Å²) in [5.74, 6) is 1.33. The predicted molar refractivity (Wildman–Crippen MR) is 87.8 cm³/mol. The van der Waals surface area contributed by atoms with E-state index in [1.54, 1.807) is 18.9 Å². The van der Waals surface area contributed by atoms with E-state index in [-0.39, 0.29) is 5.91 Å². The van der Waals surface area contributed by atoms with Crippen molar-refractivity contribution < 1.29 is 9.53 Å². The van der Waals surface area contributed by atoms with E-state index in [2.05, 4.69) is 5.32 Å². The Morgan fingerprint density at radius 3 is 2.81 bits per heavy atom. The number of ether oxygens (including phenoxy) is 1. The number of nitrogens with one attached hydrogen (secondary N) is 1. The SMILES string of the molecule is COc1ccccc1NC(=O)CCSc1cccc(N)c1. The molecule has 0 aliphatic heterocycles. The molecule has 0 heterocycles. The summed E-state index contributed by atoms with van der Waals surface area (Å²) in [6.45, 7) is 0. The number of para-hydroxylation sites is 2. The van der Waals surface area contributed by atoms with Gasteiger partial charge in [0.15, 0.2) is 0 Å². The summed E-state index contributed by atoms with van der Waals surface area (Å²) >= 11 is 1.61. The lowest BCUT2D eigenvalue weighted by molar-refractivity contribution is -0.115. The summed E-state index contributed by atoms with van der Waals surface area (Å²) in [6, 6.07) is 15.0. The molecule has 1 amide bonds. The Labute approximate surface area is 128 Å². The van der Waals surface area contributed by atoms with Crippen molar-refractivity contribution in [2.75, 3.05) is 23.9 Å². The van der Waals surface area contributed by atoms with Crippen LogP contribution in [0.3, 0.4) is 0 Å². The number of nitrogen functional groups attached to an aromatic ring is 1. The van der Waals surface area contributed by atoms with Crippen LogP contribution in [0.4, 0.5) is 11.4 Å². The third-order valence-corrected chi connectivity index (χ3v) is 3.83. The first-order valence-electron chi connectivity index (χ1n) is 6.60. The van der Waals surface area contributed by atoms with Crippen molar-refractivity contribution in [1.82, 2.24) is 0 Å². The maximum absolute atomic E-state index is 11.9. The van der Waals surface area contributed by atoms with Crippen molar-refractivity contribution >= 4 is 29.0 Å². The van der Waals surface area contributed by atoms with Crippen molar-refractivity contribution in [3.63, 3.8) is 0 Å². The topological polar surface area (TPSA) is 64.3 Å². The van der Waals surface area contributed by atoms with Gasteiger partial charge in [-0.25, -0.2) is 0 Å². The fourth-order valence-corrected chi connectivity index (χ4v) is 2.74. The zero-order valence-corrected chi connectivity index (χ0v) is 12.7. The highest BCUT2D eigenvalue weighted by Gasteiger charge is 2.07. The molecular weight excluding hydrogens is 284 g/mol. The molecular formula is C16H18N2O2S. The van der Waals surface area contributed by atoms with Gasteiger partial charge in [0.1, 0.15) is 5.75 Å². The molecule has 0 aromatic heterocycles. The number of anilines is 2. The first kappa shape index (κ1) is 15.3. The molecule has 0 radical (unpaired) electrons. The number of carbonyl (C=O) groups is 1. The molecule has 21 heavy (non-hydrogen) atoms. The summed E-state index contributed by atoms with van der Waals surface area (Å²) in [5, 5.41) is 2.86. The standard InChI is InChI=1S/C16H18N2O2S/c1-20-15-8-3-2-7-14(15)18-16(19)9-10-21-13-6-4-5-12(17)11-13/h2-8,11H,9-10,17H2,1H3,(H,18,19). The van der Waals surface area contributed by atoms with Crippen molar-refractivity contribution in [2.24, 2.45) is 0 Å². The third kappa shape index (κ3) is 4.72. The van der Waals surface area contributed by atoms with Gasteiger partial charge in [-0.05, 0) is 30.3 Å². The molecule has 2 aromatic rings. The lowest BCUT2D eigenvalue weighted by Gasteiger charge is -2.09. The second kappa shape index (κ2) is 7.59. The normalized spacial score (nSPS) is 10.1. The van der Waals surface area contributed by atoms with Crippen molar-refractivity contribution in [1.29, 1.82) is 0 Å². The van der Waals surface area contributed by atoms with Gasteiger partial charge in [-0.3, -0.25) is 4.79 Å². The predicted octanol–water partition coefficient (Wildman–Crippen LogP) is 3.40. The van der Waals surface area contributed by atoms with Gasteiger partial charge in [0.2, 0.25) is 5.91 Å². The van der Waals surface area contributed by atoms with Crippen LogP contribution >= 0.6 is 11.8 Å². The molecule has 110 valence electrons. The molecule has 0 spiro atoms. The first-order chi connectivity index (χ1) is 10.2. The molecule has 0 saturated carbocycles. The van der Waals surface area contributed by atoms with Gasteiger partial charge >= 0.3 is 0 Å². The monoisotopic (exact) mass is 302 g/mol. The van der Waals surface area contributed by atoms with Crippen LogP contribution in [0, 0.1) is 0 Å². The lowest BCUT2D eigenvalue weighted by atomic mass is 10.3. The quantitative estimate of drug-likeness (QED) is 0.634. The Bertz CT molecular complexity index is 617. The molecule has 0 saturated heterocycles. The molecule has 2 aromatic carbocycles. The summed E-state index contributed by atoms with van der Waals surface area (Å²) < 4.78 is 5.20. The zero-order valence-electron chi connectivity index (χ0n) is 11.8. The number of hydrogen-bond donors (Lipinski definition) is 2.